The number of hydrogen-bond donors (Lipinski definition) is 2. The number of hydrogen-bond acceptors (Lipinski definition) is 4. The minimum atomic E-state index is -4.72. The molecule has 20 heavy (non-hydrogen) atoms. The predicted octanol–water partition coefficient (Wildman–Crippen LogP) is 1.20. The Morgan fingerprint density at radius 3 is 2.50 bits per heavy atom. The minimum Gasteiger partial charge on any atom is -0.329 e. The van der Waals surface area contributed by atoms with E-state index < -0.39 is 38.3 Å². The molecule has 0 aliphatic rings. The molecule has 0 aliphatic carbocycles. The van der Waals surface area contributed by atoms with Gasteiger partial charge in [-0.15, -0.1) is 0 Å². The number of nitriles is 1. The maximum atomic E-state index is 12.6. The fourth-order valence-electron chi connectivity index (χ4n) is 1.41. The smallest absolute Gasteiger partial charge is 0.329 e. The Balaban J connectivity index is 3.28. The number of nitrogens with zero attached hydrogens (tertiary/aromatic N) is 1. The topological polar surface area (TPSA) is 96.0 Å². The summed E-state index contributed by atoms with van der Waals surface area (Å²) in [4.78, 5) is -0.414. The Hall–Kier alpha value is -1.63. The van der Waals surface area contributed by atoms with Crippen molar-refractivity contribution in [2.24, 2.45) is 5.73 Å². The molecule has 1 rings (SSSR count). The molecule has 0 spiro atoms. The molecule has 0 amide bonds. The van der Waals surface area contributed by atoms with E-state index in [0.29, 0.717) is 12.1 Å². The summed E-state index contributed by atoms with van der Waals surface area (Å²) in [6.45, 7) is 1.54. The van der Waals surface area contributed by atoms with Crippen molar-refractivity contribution in [1.82, 2.24) is 4.72 Å². The lowest BCUT2D eigenvalue weighted by molar-refractivity contribution is -0.137. The van der Waals surface area contributed by atoms with Crippen LogP contribution in [0.15, 0.2) is 23.1 Å². The molecule has 5 nitrogen and oxygen atoms in total. The highest BCUT2D eigenvalue weighted by molar-refractivity contribution is 7.89. The Kier molecular flexibility index (Phi) is 4.75. The summed E-state index contributed by atoms with van der Waals surface area (Å²) in [5.74, 6) is 0. The van der Waals surface area contributed by atoms with Crippen LogP contribution in [0.4, 0.5) is 13.2 Å². The fraction of sp³-hybridized carbons (Fsp3) is 0.364. The highest BCUT2D eigenvalue weighted by Gasteiger charge is 2.34. The molecule has 0 aromatic heterocycles. The third-order valence-electron chi connectivity index (χ3n) is 2.44. The summed E-state index contributed by atoms with van der Waals surface area (Å²) in [6, 6.07) is 2.83. The van der Waals surface area contributed by atoms with Crippen LogP contribution in [-0.4, -0.2) is 21.0 Å². The van der Waals surface area contributed by atoms with Gasteiger partial charge < -0.3 is 5.73 Å². The van der Waals surface area contributed by atoms with Gasteiger partial charge in [-0.05, 0) is 25.1 Å². The number of alkyl halides is 3. The van der Waals surface area contributed by atoms with E-state index in [0.717, 1.165) is 6.07 Å². The normalized spacial score (nSPS) is 13.8. The van der Waals surface area contributed by atoms with Crippen molar-refractivity contribution in [3.8, 4) is 6.07 Å². The quantitative estimate of drug-likeness (QED) is 0.873. The van der Waals surface area contributed by atoms with Gasteiger partial charge in [0.05, 0.1) is 22.1 Å². The lowest BCUT2D eigenvalue weighted by atomic mass is 10.1. The molecule has 1 aromatic carbocycles. The van der Waals surface area contributed by atoms with Crippen molar-refractivity contribution in [1.29, 1.82) is 5.26 Å². The van der Waals surface area contributed by atoms with Crippen LogP contribution in [0.2, 0.25) is 0 Å². The SMILES string of the molecule is C[C@H](CN)NS(=O)(=O)c1ccc(C(F)(F)F)c(C#N)c1. The van der Waals surface area contributed by atoms with Crippen LogP contribution in [0.3, 0.4) is 0 Å². The first-order valence-corrected chi connectivity index (χ1v) is 6.94. The molecule has 0 radical (unpaired) electrons. The Morgan fingerprint density at radius 2 is 2.05 bits per heavy atom. The Labute approximate surface area is 114 Å². The first-order chi connectivity index (χ1) is 9.11. The van der Waals surface area contributed by atoms with Crippen LogP contribution in [0.5, 0.6) is 0 Å². The third kappa shape index (κ3) is 3.69. The molecule has 3 N–H and O–H groups in total. The summed E-state index contributed by atoms with van der Waals surface area (Å²) in [7, 11) is -4.01. The number of rotatable bonds is 4. The standard InChI is InChI=1S/C11H12F3N3O2S/c1-7(5-15)17-20(18,19)9-2-3-10(11(12,13)14)8(4-9)6-16/h2-4,7,17H,5,15H2,1H3/t7-/m1/s1. The van der Waals surface area contributed by atoms with Gasteiger partial charge in [0.25, 0.3) is 0 Å². The van der Waals surface area contributed by atoms with Crippen LogP contribution >= 0.6 is 0 Å². The minimum absolute atomic E-state index is 0.0327. The maximum absolute atomic E-state index is 12.6. The second kappa shape index (κ2) is 5.78. The molecule has 0 saturated carbocycles. The van der Waals surface area contributed by atoms with Crippen molar-refractivity contribution >= 4 is 10.0 Å². The highest BCUT2D eigenvalue weighted by Crippen LogP contribution is 2.32. The van der Waals surface area contributed by atoms with Crippen LogP contribution in [0.25, 0.3) is 0 Å². The van der Waals surface area contributed by atoms with Gasteiger partial charge in [0.15, 0.2) is 0 Å². The van der Waals surface area contributed by atoms with E-state index in [9.17, 15) is 21.6 Å². The zero-order valence-corrected chi connectivity index (χ0v) is 11.2. The van der Waals surface area contributed by atoms with E-state index in [1.165, 1.54) is 13.0 Å². The van der Waals surface area contributed by atoms with Crippen molar-refractivity contribution in [3.05, 3.63) is 29.3 Å². The largest absolute Gasteiger partial charge is 0.417 e. The van der Waals surface area contributed by atoms with Crippen molar-refractivity contribution < 1.29 is 21.6 Å². The van der Waals surface area contributed by atoms with Gasteiger partial charge in [0.2, 0.25) is 10.0 Å². The highest BCUT2D eigenvalue weighted by atomic mass is 32.2. The van der Waals surface area contributed by atoms with Gasteiger partial charge in [0, 0.05) is 12.6 Å². The summed E-state index contributed by atoms with van der Waals surface area (Å²) in [5, 5.41) is 8.71. The third-order valence-corrected chi connectivity index (χ3v) is 4.02. The van der Waals surface area contributed by atoms with Gasteiger partial charge in [-0.25, -0.2) is 13.1 Å². The lowest BCUT2D eigenvalue weighted by Crippen LogP contribution is -2.37. The molecule has 1 aromatic rings. The molecule has 1 atom stereocenters. The summed E-state index contributed by atoms with van der Waals surface area (Å²) in [5.41, 5.74) is 3.34. The summed E-state index contributed by atoms with van der Waals surface area (Å²) in [6.07, 6.45) is -4.72. The Morgan fingerprint density at radius 1 is 1.45 bits per heavy atom. The second-order valence-corrected chi connectivity index (χ2v) is 5.79. The lowest BCUT2D eigenvalue weighted by Gasteiger charge is -2.14. The van der Waals surface area contributed by atoms with Gasteiger partial charge in [-0.3, -0.25) is 0 Å². The fourth-order valence-corrected chi connectivity index (χ4v) is 2.69. The van der Waals surface area contributed by atoms with Gasteiger partial charge in [-0.2, -0.15) is 18.4 Å². The average Bonchev–Trinajstić information content (AvgIpc) is 2.36. The van der Waals surface area contributed by atoms with E-state index in [4.69, 9.17) is 11.0 Å². The molecule has 0 saturated heterocycles. The average molecular weight is 307 g/mol. The first-order valence-electron chi connectivity index (χ1n) is 5.45. The van der Waals surface area contributed by atoms with Crippen molar-refractivity contribution in [2.45, 2.75) is 24.0 Å². The molecule has 0 aliphatic heterocycles. The van der Waals surface area contributed by atoms with E-state index in [-0.39, 0.29) is 6.54 Å². The zero-order chi connectivity index (χ0) is 15.6. The van der Waals surface area contributed by atoms with Crippen LogP contribution in [-0.2, 0) is 16.2 Å². The molecule has 0 bridgehead atoms. The van der Waals surface area contributed by atoms with E-state index in [1.54, 1.807) is 0 Å². The molecule has 0 fully saturated rings. The molecule has 9 heteroatoms. The number of nitrogens with two attached hydrogens (primary N) is 1. The monoisotopic (exact) mass is 307 g/mol. The van der Waals surface area contributed by atoms with Gasteiger partial charge in [0.1, 0.15) is 0 Å². The number of halogens is 3. The summed E-state index contributed by atoms with van der Waals surface area (Å²) < 4.78 is 63.7. The zero-order valence-electron chi connectivity index (χ0n) is 10.4. The van der Waals surface area contributed by atoms with Gasteiger partial charge >= 0.3 is 6.18 Å². The van der Waals surface area contributed by atoms with E-state index in [1.807, 2.05) is 0 Å². The van der Waals surface area contributed by atoms with Crippen molar-refractivity contribution in [2.75, 3.05) is 6.54 Å². The molecule has 0 heterocycles. The van der Waals surface area contributed by atoms with E-state index in [2.05, 4.69) is 4.72 Å². The molecule has 110 valence electrons. The summed E-state index contributed by atoms with van der Waals surface area (Å²) >= 11 is 0. The Bertz CT molecular complexity index is 635. The molecule has 0 unspecified atom stereocenters. The first kappa shape index (κ1) is 16.4. The number of nitrogens with one attached hydrogen (secondary N) is 1. The van der Waals surface area contributed by atoms with Crippen LogP contribution < -0.4 is 10.5 Å². The maximum Gasteiger partial charge on any atom is 0.417 e. The molecular weight excluding hydrogens is 295 g/mol. The van der Waals surface area contributed by atoms with Crippen molar-refractivity contribution in [3.63, 3.8) is 0 Å². The number of benzene rings is 1. The predicted molar refractivity (Wildman–Crippen MR) is 65.0 cm³/mol. The molecular formula is C11H12F3N3O2S. The second-order valence-electron chi connectivity index (χ2n) is 4.07. The van der Waals surface area contributed by atoms with Crippen LogP contribution in [0.1, 0.15) is 18.1 Å². The van der Waals surface area contributed by atoms with Crippen LogP contribution in [0, 0.1) is 11.3 Å². The van der Waals surface area contributed by atoms with E-state index >= 15 is 0 Å². The van der Waals surface area contributed by atoms with Gasteiger partial charge in [-0.1, -0.05) is 0 Å². The number of sulfonamides is 1.